The van der Waals surface area contributed by atoms with Crippen molar-refractivity contribution in [3.05, 3.63) is 15.6 Å². The average molecular weight is 214 g/mol. The summed E-state index contributed by atoms with van der Waals surface area (Å²) in [6, 6.07) is 0. The van der Waals surface area contributed by atoms with E-state index in [0.717, 1.165) is 17.1 Å². The lowest BCUT2D eigenvalue weighted by Crippen LogP contribution is -2.25. The van der Waals surface area contributed by atoms with Crippen LogP contribution in [0.3, 0.4) is 0 Å². The van der Waals surface area contributed by atoms with Crippen LogP contribution in [0.25, 0.3) is 0 Å². The number of nitrogens with zero attached hydrogens (tertiary/aromatic N) is 1. The molecular weight excluding hydrogens is 200 g/mol. The third-order valence-corrected chi connectivity index (χ3v) is 3.00. The highest BCUT2D eigenvalue weighted by Crippen LogP contribution is 2.16. The summed E-state index contributed by atoms with van der Waals surface area (Å²) in [7, 11) is 1.35. The second-order valence-electron chi connectivity index (χ2n) is 2.92. The molecule has 0 saturated carbocycles. The molecule has 0 aliphatic rings. The summed E-state index contributed by atoms with van der Waals surface area (Å²) >= 11 is 1.67. The molecule has 0 saturated heterocycles. The van der Waals surface area contributed by atoms with Gasteiger partial charge in [-0.25, -0.2) is 9.78 Å². The number of hydrogen-bond donors (Lipinski definition) is 1. The number of ether oxygens (including phenoxy) is 1. The molecule has 0 spiro atoms. The maximum Gasteiger partial charge on any atom is 0.406 e. The normalized spacial score (nSPS) is 9.93. The van der Waals surface area contributed by atoms with Crippen LogP contribution in [0.1, 0.15) is 15.6 Å². The van der Waals surface area contributed by atoms with Gasteiger partial charge in [0, 0.05) is 17.8 Å². The predicted molar refractivity (Wildman–Crippen MR) is 55.7 cm³/mol. The van der Waals surface area contributed by atoms with Crippen molar-refractivity contribution in [2.75, 3.05) is 13.7 Å². The molecule has 0 radical (unpaired) electrons. The van der Waals surface area contributed by atoms with E-state index in [1.54, 1.807) is 11.3 Å². The Morgan fingerprint density at radius 3 is 2.79 bits per heavy atom. The fourth-order valence-electron chi connectivity index (χ4n) is 0.990. The molecule has 1 N–H and O–H groups in total. The number of rotatable bonds is 3. The Morgan fingerprint density at radius 1 is 1.57 bits per heavy atom. The molecule has 5 heteroatoms. The molecule has 14 heavy (non-hydrogen) atoms. The van der Waals surface area contributed by atoms with Gasteiger partial charge in [0.25, 0.3) is 0 Å². The van der Waals surface area contributed by atoms with Crippen LogP contribution in [0, 0.1) is 13.8 Å². The van der Waals surface area contributed by atoms with Crippen LogP contribution in [-0.4, -0.2) is 24.7 Å². The molecule has 0 fully saturated rings. The molecule has 0 bridgehead atoms. The number of methoxy groups -OCH3 is 1. The predicted octanol–water partition coefficient (Wildman–Crippen LogP) is 1.66. The first-order chi connectivity index (χ1) is 6.63. The molecular formula is C9H14N2O2S. The maximum absolute atomic E-state index is 10.7. The highest BCUT2D eigenvalue weighted by atomic mass is 32.1. The van der Waals surface area contributed by atoms with Gasteiger partial charge in [-0.05, 0) is 13.8 Å². The minimum Gasteiger partial charge on any atom is -0.453 e. The number of carbonyl (C=O) groups excluding carboxylic acids is 1. The van der Waals surface area contributed by atoms with E-state index < -0.39 is 6.09 Å². The van der Waals surface area contributed by atoms with E-state index in [1.165, 1.54) is 12.0 Å². The van der Waals surface area contributed by atoms with Crippen molar-refractivity contribution in [2.45, 2.75) is 20.3 Å². The highest BCUT2D eigenvalue weighted by molar-refractivity contribution is 7.11. The van der Waals surface area contributed by atoms with E-state index in [0.29, 0.717) is 6.54 Å². The summed E-state index contributed by atoms with van der Waals surface area (Å²) in [6.45, 7) is 4.60. The number of nitrogens with one attached hydrogen (secondary N) is 1. The van der Waals surface area contributed by atoms with Crippen LogP contribution >= 0.6 is 11.3 Å². The van der Waals surface area contributed by atoms with Crippen LogP contribution < -0.4 is 5.32 Å². The molecule has 0 aliphatic heterocycles. The summed E-state index contributed by atoms with van der Waals surface area (Å²) < 4.78 is 4.45. The fraction of sp³-hybridized carbons (Fsp3) is 0.556. The second-order valence-corrected chi connectivity index (χ2v) is 4.21. The summed E-state index contributed by atoms with van der Waals surface area (Å²) in [5.41, 5.74) is 1.07. The van der Waals surface area contributed by atoms with Crippen molar-refractivity contribution in [3.8, 4) is 0 Å². The van der Waals surface area contributed by atoms with Crippen LogP contribution in [0.2, 0.25) is 0 Å². The van der Waals surface area contributed by atoms with Gasteiger partial charge in [-0.2, -0.15) is 0 Å². The number of aryl methyl sites for hydroxylation is 2. The number of thiazole rings is 1. The largest absolute Gasteiger partial charge is 0.453 e. The van der Waals surface area contributed by atoms with Gasteiger partial charge in [0.05, 0.1) is 17.8 Å². The number of hydrogen-bond acceptors (Lipinski definition) is 4. The van der Waals surface area contributed by atoms with Crippen molar-refractivity contribution in [1.29, 1.82) is 0 Å². The Hall–Kier alpha value is -1.10. The maximum atomic E-state index is 10.7. The number of amides is 1. The lowest BCUT2D eigenvalue weighted by Gasteiger charge is -2.00. The second kappa shape index (κ2) is 4.95. The van der Waals surface area contributed by atoms with Gasteiger partial charge in [0.1, 0.15) is 0 Å². The van der Waals surface area contributed by atoms with Crippen LogP contribution in [-0.2, 0) is 11.2 Å². The lowest BCUT2D eigenvalue weighted by atomic mass is 10.4. The smallest absolute Gasteiger partial charge is 0.406 e. The Bertz CT molecular complexity index is 303. The van der Waals surface area contributed by atoms with E-state index in [1.807, 2.05) is 13.8 Å². The van der Waals surface area contributed by atoms with Gasteiger partial charge in [-0.1, -0.05) is 0 Å². The topological polar surface area (TPSA) is 51.2 Å². The van der Waals surface area contributed by atoms with E-state index in [9.17, 15) is 4.79 Å². The molecule has 0 aromatic carbocycles. The minimum absolute atomic E-state index is 0.394. The standard InChI is InChI=1S/C9H14N2O2S/c1-6-7(2)14-8(11-6)4-5-10-9(12)13-3/h4-5H2,1-3H3,(H,10,12). The zero-order chi connectivity index (χ0) is 10.6. The molecule has 4 nitrogen and oxygen atoms in total. The zero-order valence-corrected chi connectivity index (χ0v) is 9.40. The van der Waals surface area contributed by atoms with Gasteiger partial charge < -0.3 is 10.1 Å². The third kappa shape index (κ3) is 2.99. The molecule has 0 aliphatic carbocycles. The summed E-state index contributed by atoms with van der Waals surface area (Å²) in [5, 5.41) is 3.67. The summed E-state index contributed by atoms with van der Waals surface area (Å²) in [5.74, 6) is 0. The Balaban J connectivity index is 2.35. The molecule has 0 atom stereocenters. The van der Waals surface area contributed by atoms with Crippen molar-refractivity contribution < 1.29 is 9.53 Å². The molecule has 1 aromatic rings. The molecule has 1 heterocycles. The number of carbonyl (C=O) groups is 1. The van der Waals surface area contributed by atoms with Gasteiger partial charge in [0.2, 0.25) is 0 Å². The van der Waals surface area contributed by atoms with Gasteiger partial charge in [0.15, 0.2) is 0 Å². The van der Waals surface area contributed by atoms with Crippen molar-refractivity contribution >= 4 is 17.4 Å². The summed E-state index contributed by atoms with van der Waals surface area (Å²) in [6.07, 6.45) is 0.365. The van der Waals surface area contributed by atoms with Gasteiger partial charge >= 0.3 is 6.09 Å². The quantitative estimate of drug-likeness (QED) is 0.832. The zero-order valence-electron chi connectivity index (χ0n) is 8.59. The van der Waals surface area contributed by atoms with Crippen LogP contribution in [0.15, 0.2) is 0 Å². The molecule has 1 rings (SSSR count). The molecule has 1 aromatic heterocycles. The average Bonchev–Trinajstić information content (AvgIpc) is 2.46. The van der Waals surface area contributed by atoms with Crippen LogP contribution in [0.4, 0.5) is 4.79 Å². The molecule has 1 amide bonds. The minimum atomic E-state index is -0.394. The first kappa shape index (κ1) is 11.0. The van der Waals surface area contributed by atoms with Gasteiger partial charge in [-0.15, -0.1) is 11.3 Å². The van der Waals surface area contributed by atoms with Gasteiger partial charge in [-0.3, -0.25) is 0 Å². The first-order valence-corrected chi connectivity index (χ1v) is 5.20. The van der Waals surface area contributed by atoms with E-state index in [2.05, 4.69) is 15.0 Å². The Morgan fingerprint density at radius 2 is 2.29 bits per heavy atom. The summed E-state index contributed by atoms with van der Waals surface area (Å²) in [4.78, 5) is 16.3. The van der Waals surface area contributed by atoms with Crippen molar-refractivity contribution in [3.63, 3.8) is 0 Å². The Kier molecular flexibility index (Phi) is 3.88. The van der Waals surface area contributed by atoms with E-state index in [-0.39, 0.29) is 0 Å². The molecule has 78 valence electrons. The van der Waals surface area contributed by atoms with E-state index in [4.69, 9.17) is 0 Å². The van der Waals surface area contributed by atoms with Crippen LogP contribution in [0.5, 0.6) is 0 Å². The third-order valence-electron chi connectivity index (χ3n) is 1.87. The Labute approximate surface area is 87.3 Å². The van der Waals surface area contributed by atoms with E-state index >= 15 is 0 Å². The lowest BCUT2D eigenvalue weighted by molar-refractivity contribution is 0.171. The van der Waals surface area contributed by atoms with Crippen molar-refractivity contribution in [2.24, 2.45) is 0 Å². The van der Waals surface area contributed by atoms with Crippen molar-refractivity contribution in [1.82, 2.24) is 10.3 Å². The fourth-order valence-corrected chi connectivity index (χ4v) is 1.92. The highest BCUT2D eigenvalue weighted by Gasteiger charge is 2.04. The molecule has 0 unspecified atom stereocenters. The SMILES string of the molecule is COC(=O)NCCc1nc(C)c(C)s1. The monoisotopic (exact) mass is 214 g/mol. The number of alkyl carbamates (subject to hydrolysis) is 1. The first-order valence-electron chi connectivity index (χ1n) is 4.38. The number of aromatic nitrogens is 1.